The Morgan fingerprint density at radius 1 is 0.769 bits per heavy atom. The number of hydrogen-bond donors (Lipinski definition) is 3. The van der Waals surface area contributed by atoms with Gasteiger partial charge in [-0.3, -0.25) is 0 Å². The Balaban J connectivity index is 5.29. The van der Waals surface area contributed by atoms with Gasteiger partial charge in [-0.15, -0.1) is 5.12 Å². The van der Waals surface area contributed by atoms with Gasteiger partial charge in [0.1, 0.15) is 12.5 Å². The molecule has 0 saturated carbocycles. The second-order valence-corrected chi connectivity index (χ2v) is 7.74. The summed E-state index contributed by atoms with van der Waals surface area (Å²) >= 11 is 0. The van der Waals surface area contributed by atoms with Crippen LogP contribution in [0, 0.1) is 11.8 Å². The monoisotopic (exact) mass is 373 g/mol. The standard InChI is InChI=1S/C21H47N3O2/c1-7-12-14-19(9-3)16-23(17-20(10-4)15-13-8-2)24(21(26)11-5)22-18(6)25/h18-22,25-26H,7-17H2,1-6H3. The molecule has 0 aromatic rings. The minimum atomic E-state index is -0.690. The molecule has 0 amide bonds. The molecule has 3 N–H and O–H groups in total. The molecule has 5 nitrogen and oxygen atoms in total. The highest BCUT2D eigenvalue weighted by Gasteiger charge is 2.27. The van der Waals surface area contributed by atoms with Gasteiger partial charge in [-0.1, -0.05) is 73.1 Å². The van der Waals surface area contributed by atoms with Crippen molar-refractivity contribution in [3.63, 3.8) is 0 Å². The molecule has 4 unspecified atom stereocenters. The van der Waals surface area contributed by atoms with Gasteiger partial charge < -0.3 is 10.2 Å². The molecule has 0 spiro atoms. The van der Waals surface area contributed by atoms with E-state index in [-0.39, 0.29) is 0 Å². The maximum atomic E-state index is 10.6. The van der Waals surface area contributed by atoms with Gasteiger partial charge in [-0.2, -0.15) is 0 Å². The van der Waals surface area contributed by atoms with Gasteiger partial charge >= 0.3 is 0 Å². The normalized spacial score (nSPS) is 16.8. The highest BCUT2D eigenvalue weighted by molar-refractivity contribution is 4.70. The van der Waals surface area contributed by atoms with E-state index in [1.54, 1.807) is 12.0 Å². The van der Waals surface area contributed by atoms with E-state index < -0.39 is 12.5 Å². The molecule has 0 heterocycles. The van der Waals surface area contributed by atoms with Crippen molar-refractivity contribution in [2.45, 2.75) is 112 Å². The Labute approximate surface area is 163 Å². The van der Waals surface area contributed by atoms with Crippen LogP contribution in [0.25, 0.3) is 0 Å². The average Bonchev–Trinajstić information content (AvgIpc) is 2.64. The molecular weight excluding hydrogens is 326 g/mol. The van der Waals surface area contributed by atoms with E-state index in [0.717, 1.165) is 25.9 Å². The zero-order valence-electron chi connectivity index (χ0n) is 18.4. The summed E-state index contributed by atoms with van der Waals surface area (Å²) < 4.78 is 0. The Morgan fingerprint density at radius 3 is 1.54 bits per heavy atom. The third-order valence-electron chi connectivity index (χ3n) is 5.30. The lowest BCUT2D eigenvalue weighted by Gasteiger charge is -2.42. The minimum absolute atomic E-state index is 0.612. The maximum Gasteiger partial charge on any atom is 0.134 e. The predicted molar refractivity (Wildman–Crippen MR) is 111 cm³/mol. The van der Waals surface area contributed by atoms with E-state index in [0.29, 0.717) is 18.3 Å². The van der Waals surface area contributed by atoms with Gasteiger partial charge in [0.15, 0.2) is 0 Å². The maximum absolute atomic E-state index is 10.6. The molecule has 26 heavy (non-hydrogen) atoms. The van der Waals surface area contributed by atoms with Crippen molar-refractivity contribution in [1.29, 1.82) is 0 Å². The highest BCUT2D eigenvalue weighted by atomic mass is 16.3. The molecular formula is C21H47N3O2. The van der Waals surface area contributed by atoms with E-state index in [1.165, 1.54) is 38.5 Å². The van der Waals surface area contributed by atoms with Crippen molar-refractivity contribution in [1.82, 2.24) is 15.6 Å². The predicted octanol–water partition coefficient (Wildman–Crippen LogP) is 4.51. The number of aliphatic hydroxyl groups is 2. The van der Waals surface area contributed by atoms with Gasteiger partial charge in [0.05, 0.1) is 0 Å². The lowest BCUT2D eigenvalue weighted by Crippen LogP contribution is -2.60. The smallest absolute Gasteiger partial charge is 0.134 e. The molecule has 0 aromatic carbocycles. The third-order valence-corrected chi connectivity index (χ3v) is 5.30. The molecule has 0 saturated heterocycles. The van der Waals surface area contributed by atoms with E-state index in [9.17, 15) is 10.2 Å². The third kappa shape index (κ3) is 10.8. The van der Waals surface area contributed by atoms with Crippen molar-refractivity contribution in [2.75, 3.05) is 13.1 Å². The minimum Gasteiger partial charge on any atom is -0.378 e. The van der Waals surface area contributed by atoms with Crippen LogP contribution in [-0.2, 0) is 0 Å². The number of rotatable bonds is 17. The van der Waals surface area contributed by atoms with Crippen LogP contribution in [-0.4, -0.2) is 45.9 Å². The van der Waals surface area contributed by atoms with Crippen LogP contribution in [0.4, 0.5) is 0 Å². The van der Waals surface area contributed by atoms with Crippen LogP contribution in [0.2, 0.25) is 0 Å². The van der Waals surface area contributed by atoms with E-state index in [1.807, 2.05) is 6.92 Å². The molecule has 0 aliphatic carbocycles. The van der Waals surface area contributed by atoms with Crippen molar-refractivity contribution >= 4 is 0 Å². The Kier molecular flexibility index (Phi) is 15.7. The van der Waals surface area contributed by atoms with E-state index >= 15 is 0 Å². The summed E-state index contributed by atoms with van der Waals surface area (Å²) in [6.07, 6.45) is 8.98. The summed E-state index contributed by atoms with van der Waals surface area (Å²) in [6, 6.07) is 0. The molecule has 4 atom stereocenters. The zero-order valence-corrected chi connectivity index (χ0v) is 18.4. The number of hydrogen-bond acceptors (Lipinski definition) is 5. The van der Waals surface area contributed by atoms with Gasteiger partial charge in [-0.05, 0) is 38.0 Å². The quantitative estimate of drug-likeness (QED) is 0.259. The number of aliphatic hydroxyl groups excluding tert-OH is 2. The fraction of sp³-hybridized carbons (Fsp3) is 1.00. The number of nitrogens with zero attached hydrogens (tertiary/aromatic N) is 2. The first kappa shape index (κ1) is 25.8. The lowest BCUT2D eigenvalue weighted by atomic mass is 9.96. The summed E-state index contributed by atoms with van der Waals surface area (Å²) in [5.41, 5.74) is 3.07. The number of nitrogens with one attached hydrogen (secondary N) is 1. The molecule has 0 aliphatic rings. The first-order valence-corrected chi connectivity index (χ1v) is 11.1. The Bertz CT molecular complexity index is 298. The van der Waals surface area contributed by atoms with Crippen LogP contribution < -0.4 is 5.43 Å². The molecule has 0 aromatic heterocycles. The van der Waals surface area contributed by atoms with Crippen molar-refractivity contribution in [3.05, 3.63) is 0 Å². The molecule has 0 bridgehead atoms. The topological polar surface area (TPSA) is 59.0 Å². The first-order chi connectivity index (χ1) is 12.4. The molecule has 0 rings (SSSR count). The van der Waals surface area contributed by atoms with Crippen molar-refractivity contribution in [3.8, 4) is 0 Å². The van der Waals surface area contributed by atoms with Gasteiger partial charge in [0.25, 0.3) is 0 Å². The Hall–Kier alpha value is -0.200. The summed E-state index contributed by atoms with van der Waals surface area (Å²) in [4.78, 5) is 0. The molecule has 0 aliphatic heterocycles. The lowest BCUT2D eigenvalue weighted by molar-refractivity contribution is -0.205. The van der Waals surface area contributed by atoms with Crippen LogP contribution in [0.3, 0.4) is 0 Å². The van der Waals surface area contributed by atoms with Crippen LogP contribution in [0.1, 0.15) is 99.3 Å². The SMILES string of the molecule is CCCCC(CC)CN(CC(CC)CCCC)N(NC(C)O)C(O)CC. The average molecular weight is 374 g/mol. The summed E-state index contributed by atoms with van der Waals surface area (Å²) in [7, 11) is 0. The van der Waals surface area contributed by atoms with Gasteiger partial charge in [-0.25, -0.2) is 10.4 Å². The van der Waals surface area contributed by atoms with Crippen LogP contribution in [0.15, 0.2) is 0 Å². The molecule has 158 valence electrons. The van der Waals surface area contributed by atoms with Crippen LogP contribution in [0.5, 0.6) is 0 Å². The second kappa shape index (κ2) is 15.8. The number of unbranched alkanes of at least 4 members (excludes halogenated alkanes) is 2. The van der Waals surface area contributed by atoms with Crippen molar-refractivity contribution in [2.24, 2.45) is 11.8 Å². The number of hydrazine groups is 2. The second-order valence-electron chi connectivity index (χ2n) is 7.74. The van der Waals surface area contributed by atoms with Crippen molar-refractivity contribution < 1.29 is 10.2 Å². The fourth-order valence-electron chi connectivity index (χ4n) is 3.40. The summed E-state index contributed by atoms with van der Waals surface area (Å²) in [5, 5.41) is 24.5. The van der Waals surface area contributed by atoms with Gasteiger partial charge in [0, 0.05) is 13.1 Å². The summed E-state index contributed by atoms with van der Waals surface area (Å²) in [5.74, 6) is 1.22. The molecule has 0 fully saturated rings. The Morgan fingerprint density at radius 2 is 1.23 bits per heavy atom. The largest absolute Gasteiger partial charge is 0.378 e. The first-order valence-electron chi connectivity index (χ1n) is 11.1. The van der Waals surface area contributed by atoms with E-state index in [2.05, 4.69) is 38.1 Å². The van der Waals surface area contributed by atoms with Gasteiger partial charge in [0.2, 0.25) is 0 Å². The molecule has 0 radical (unpaired) electrons. The summed E-state index contributed by atoms with van der Waals surface area (Å²) in [6.45, 7) is 14.5. The highest BCUT2D eigenvalue weighted by Crippen LogP contribution is 2.21. The molecule has 5 heteroatoms. The zero-order chi connectivity index (χ0) is 19.9. The fourth-order valence-corrected chi connectivity index (χ4v) is 3.40. The van der Waals surface area contributed by atoms with E-state index in [4.69, 9.17) is 0 Å². The van der Waals surface area contributed by atoms with Crippen LogP contribution >= 0.6 is 0 Å².